The lowest BCUT2D eigenvalue weighted by molar-refractivity contribution is -0.115. The molecule has 1 aliphatic heterocycles. The average Bonchev–Trinajstić information content (AvgIpc) is 2.60. The van der Waals surface area contributed by atoms with Crippen LogP contribution in [-0.4, -0.2) is 22.2 Å². The molecule has 0 saturated heterocycles. The summed E-state index contributed by atoms with van der Waals surface area (Å²) in [5.74, 6) is 0.981. The highest BCUT2D eigenvalue weighted by Crippen LogP contribution is 2.36. The van der Waals surface area contributed by atoms with Gasteiger partial charge in [0.05, 0.1) is 5.69 Å². The van der Waals surface area contributed by atoms with Crippen LogP contribution >= 0.6 is 0 Å². The predicted octanol–water partition coefficient (Wildman–Crippen LogP) is 2.52. The van der Waals surface area contributed by atoms with Crippen molar-refractivity contribution in [2.24, 2.45) is 7.05 Å². The van der Waals surface area contributed by atoms with Crippen LogP contribution in [0.15, 0.2) is 24.3 Å². The van der Waals surface area contributed by atoms with Gasteiger partial charge in [0.1, 0.15) is 5.69 Å². The molecule has 0 aliphatic carbocycles. The fourth-order valence-corrected chi connectivity index (χ4v) is 2.60. The number of fused-ring (bicyclic) bond motifs is 1. The molecule has 1 aromatic heterocycles. The van der Waals surface area contributed by atoms with E-state index >= 15 is 0 Å². The third-order valence-corrected chi connectivity index (χ3v) is 3.62. The highest BCUT2D eigenvalue weighted by molar-refractivity contribution is 5.97. The molecule has 5 heteroatoms. The number of amides is 1. The van der Waals surface area contributed by atoms with Crippen molar-refractivity contribution in [1.29, 1.82) is 0 Å². The molecule has 0 unspecified atom stereocenters. The highest BCUT2D eigenvalue weighted by Gasteiger charge is 2.26. The first-order valence-corrected chi connectivity index (χ1v) is 6.74. The monoisotopic (exact) mass is 270 g/mol. The Morgan fingerprint density at radius 3 is 2.60 bits per heavy atom. The van der Waals surface area contributed by atoms with Crippen LogP contribution in [0.25, 0.3) is 0 Å². The lowest BCUT2D eigenvalue weighted by Crippen LogP contribution is -2.21. The lowest BCUT2D eigenvalue weighted by atomic mass is 10.2. The van der Waals surface area contributed by atoms with Crippen molar-refractivity contribution >= 4 is 23.1 Å². The van der Waals surface area contributed by atoms with Crippen LogP contribution in [0.1, 0.15) is 17.7 Å². The summed E-state index contributed by atoms with van der Waals surface area (Å²) >= 11 is 0. The van der Waals surface area contributed by atoms with Crippen LogP contribution in [0.4, 0.5) is 17.2 Å². The zero-order valence-electron chi connectivity index (χ0n) is 12.0. The maximum absolute atomic E-state index is 11.9. The number of carbonyl (C=O) groups excluding carboxylic acids is 1. The number of anilines is 3. The molecule has 104 valence electrons. The molecule has 1 N–H and O–H groups in total. The van der Waals surface area contributed by atoms with Crippen LogP contribution in [-0.2, 0) is 11.8 Å². The Labute approximate surface area is 118 Å². The number of nitrogens with zero attached hydrogens (tertiary/aromatic N) is 3. The van der Waals surface area contributed by atoms with E-state index in [0.717, 1.165) is 22.9 Å². The molecule has 0 fully saturated rings. The highest BCUT2D eigenvalue weighted by atomic mass is 16.1. The SMILES string of the molecule is Cc1ccc(N2CCC(=O)Nc3c(C)nn(C)c32)cc1. The number of aryl methyl sites for hydroxylation is 3. The third-order valence-electron chi connectivity index (χ3n) is 3.62. The number of aromatic nitrogens is 2. The van der Waals surface area contributed by atoms with Crippen LogP contribution in [0.2, 0.25) is 0 Å². The summed E-state index contributed by atoms with van der Waals surface area (Å²) in [6.45, 7) is 4.63. The van der Waals surface area contributed by atoms with E-state index in [2.05, 4.69) is 46.5 Å². The maximum Gasteiger partial charge on any atom is 0.226 e. The number of hydrogen-bond acceptors (Lipinski definition) is 3. The molecular weight excluding hydrogens is 252 g/mol. The molecule has 0 bridgehead atoms. The predicted molar refractivity (Wildman–Crippen MR) is 79.4 cm³/mol. The Balaban J connectivity index is 2.12. The van der Waals surface area contributed by atoms with E-state index in [9.17, 15) is 4.79 Å². The van der Waals surface area contributed by atoms with Gasteiger partial charge >= 0.3 is 0 Å². The van der Waals surface area contributed by atoms with Gasteiger partial charge in [0.15, 0.2) is 5.82 Å². The van der Waals surface area contributed by atoms with Crippen molar-refractivity contribution in [2.45, 2.75) is 20.3 Å². The molecule has 0 spiro atoms. The molecule has 20 heavy (non-hydrogen) atoms. The van der Waals surface area contributed by atoms with E-state index in [4.69, 9.17) is 0 Å². The van der Waals surface area contributed by atoms with Gasteiger partial charge in [-0.15, -0.1) is 0 Å². The summed E-state index contributed by atoms with van der Waals surface area (Å²) in [5.41, 5.74) is 3.96. The second-order valence-electron chi connectivity index (χ2n) is 5.19. The Hall–Kier alpha value is -2.30. The Bertz CT molecular complexity index is 657. The molecule has 1 aliphatic rings. The summed E-state index contributed by atoms with van der Waals surface area (Å²) < 4.78 is 1.83. The zero-order chi connectivity index (χ0) is 14.3. The topological polar surface area (TPSA) is 50.2 Å². The Morgan fingerprint density at radius 2 is 1.90 bits per heavy atom. The van der Waals surface area contributed by atoms with E-state index in [0.29, 0.717) is 13.0 Å². The minimum atomic E-state index is 0.0389. The second kappa shape index (κ2) is 4.67. The molecule has 2 aromatic rings. The normalized spacial score (nSPS) is 14.8. The van der Waals surface area contributed by atoms with Crippen LogP contribution in [0.5, 0.6) is 0 Å². The Kier molecular flexibility index (Phi) is 2.97. The molecule has 1 aromatic carbocycles. The fourth-order valence-electron chi connectivity index (χ4n) is 2.60. The molecule has 0 atom stereocenters. The van der Waals surface area contributed by atoms with Crippen molar-refractivity contribution in [1.82, 2.24) is 9.78 Å². The van der Waals surface area contributed by atoms with E-state index < -0.39 is 0 Å². The minimum Gasteiger partial charge on any atom is -0.324 e. The summed E-state index contributed by atoms with van der Waals surface area (Å²) in [6.07, 6.45) is 0.474. The Morgan fingerprint density at radius 1 is 1.20 bits per heavy atom. The van der Waals surface area contributed by atoms with Gasteiger partial charge in [0.2, 0.25) is 5.91 Å². The second-order valence-corrected chi connectivity index (χ2v) is 5.19. The number of rotatable bonds is 1. The van der Waals surface area contributed by atoms with Gasteiger partial charge in [0, 0.05) is 25.7 Å². The molecule has 3 rings (SSSR count). The van der Waals surface area contributed by atoms with Gasteiger partial charge in [0.25, 0.3) is 0 Å². The van der Waals surface area contributed by atoms with Gasteiger partial charge in [-0.3, -0.25) is 9.48 Å². The van der Waals surface area contributed by atoms with Gasteiger partial charge in [-0.1, -0.05) is 17.7 Å². The van der Waals surface area contributed by atoms with E-state index in [1.807, 2.05) is 18.7 Å². The van der Waals surface area contributed by atoms with Gasteiger partial charge in [-0.2, -0.15) is 5.10 Å². The standard InChI is InChI=1S/C15H18N4O/c1-10-4-6-12(7-5-10)19-9-8-13(20)16-14-11(2)17-18(3)15(14)19/h4-7H,8-9H2,1-3H3,(H,16,20). The molecule has 1 amide bonds. The van der Waals surface area contributed by atoms with E-state index in [1.54, 1.807) is 0 Å². The number of nitrogens with one attached hydrogen (secondary N) is 1. The first kappa shape index (κ1) is 12.7. The summed E-state index contributed by atoms with van der Waals surface area (Å²) in [6, 6.07) is 8.32. The summed E-state index contributed by atoms with van der Waals surface area (Å²) in [4.78, 5) is 14.0. The molecule has 0 radical (unpaired) electrons. The third kappa shape index (κ3) is 2.05. The van der Waals surface area contributed by atoms with Crippen molar-refractivity contribution in [3.05, 3.63) is 35.5 Å². The smallest absolute Gasteiger partial charge is 0.226 e. The van der Waals surface area contributed by atoms with Crippen molar-refractivity contribution in [3.63, 3.8) is 0 Å². The van der Waals surface area contributed by atoms with Crippen LogP contribution in [0.3, 0.4) is 0 Å². The van der Waals surface area contributed by atoms with Crippen molar-refractivity contribution in [2.75, 3.05) is 16.8 Å². The maximum atomic E-state index is 11.9. The van der Waals surface area contributed by atoms with Gasteiger partial charge in [-0.05, 0) is 26.0 Å². The summed E-state index contributed by atoms with van der Waals surface area (Å²) in [7, 11) is 1.91. The van der Waals surface area contributed by atoms with Crippen LogP contribution in [0, 0.1) is 13.8 Å². The van der Waals surface area contributed by atoms with Crippen molar-refractivity contribution in [3.8, 4) is 0 Å². The van der Waals surface area contributed by atoms with Crippen LogP contribution < -0.4 is 10.2 Å². The minimum absolute atomic E-state index is 0.0389. The molecular formula is C15H18N4O. The quantitative estimate of drug-likeness (QED) is 0.866. The molecule has 0 saturated carbocycles. The zero-order valence-corrected chi connectivity index (χ0v) is 12.0. The number of benzene rings is 1. The largest absolute Gasteiger partial charge is 0.324 e. The molecule has 5 nitrogen and oxygen atoms in total. The first-order chi connectivity index (χ1) is 9.56. The van der Waals surface area contributed by atoms with Gasteiger partial charge < -0.3 is 10.2 Å². The van der Waals surface area contributed by atoms with Crippen molar-refractivity contribution < 1.29 is 4.79 Å². The molecule has 2 heterocycles. The number of carbonyl (C=O) groups is 1. The first-order valence-electron chi connectivity index (χ1n) is 6.74. The van der Waals surface area contributed by atoms with E-state index in [-0.39, 0.29) is 5.91 Å². The summed E-state index contributed by atoms with van der Waals surface area (Å²) in [5, 5.41) is 7.38. The van der Waals surface area contributed by atoms with E-state index in [1.165, 1.54) is 5.56 Å². The van der Waals surface area contributed by atoms with Gasteiger partial charge in [-0.25, -0.2) is 0 Å². The number of hydrogen-bond donors (Lipinski definition) is 1. The lowest BCUT2D eigenvalue weighted by Gasteiger charge is -2.23. The average molecular weight is 270 g/mol. The fraction of sp³-hybridized carbons (Fsp3) is 0.333.